The smallest absolute Gasteiger partial charge is 0.251 e. The van der Waals surface area contributed by atoms with E-state index in [9.17, 15) is 4.79 Å². The molecule has 0 fully saturated rings. The molecule has 4 heteroatoms. The van der Waals surface area contributed by atoms with Crippen molar-refractivity contribution in [2.24, 2.45) is 5.73 Å². The van der Waals surface area contributed by atoms with Gasteiger partial charge in [0.15, 0.2) is 0 Å². The first-order valence-corrected chi connectivity index (χ1v) is 6.71. The number of amides is 1. The lowest BCUT2D eigenvalue weighted by atomic mass is 10.1. The summed E-state index contributed by atoms with van der Waals surface area (Å²) in [6.45, 7) is 2.53. The van der Waals surface area contributed by atoms with Gasteiger partial charge in [0.25, 0.3) is 5.91 Å². The summed E-state index contributed by atoms with van der Waals surface area (Å²) < 4.78 is 0. The Morgan fingerprint density at radius 1 is 1.25 bits per heavy atom. The monoisotopic (exact) mass is 269 g/mol. The summed E-state index contributed by atoms with van der Waals surface area (Å²) in [4.78, 5) is 16.4. The molecule has 2 aromatic rings. The van der Waals surface area contributed by atoms with Crippen LogP contribution in [0, 0.1) is 0 Å². The molecule has 0 bridgehead atoms. The van der Waals surface area contributed by atoms with Crippen LogP contribution in [-0.4, -0.2) is 17.4 Å². The van der Waals surface area contributed by atoms with E-state index in [4.69, 9.17) is 5.73 Å². The third-order valence-electron chi connectivity index (χ3n) is 3.13. The zero-order valence-corrected chi connectivity index (χ0v) is 11.5. The fraction of sp³-hybridized carbons (Fsp3) is 0.250. The Labute approximate surface area is 119 Å². The van der Waals surface area contributed by atoms with Crippen LogP contribution in [0.3, 0.4) is 0 Å². The van der Waals surface area contributed by atoms with Crippen molar-refractivity contribution in [1.29, 1.82) is 0 Å². The van der Waals surface area contributed by atoms with Crippen LogP contribution in [0.2, 0.25) is 0 Å². The Morgan fingerprint density at radius 3 is 2.60 bits per heavy atom. The van der Waals surface area contributed by atoms with E-state index in [1.165, 1.54) is 0 Å². The van der Waals surface area contributed by atoms with Crippen molar-refractivity contribution in [1.82, 2.24) is 10.3 Å². The van der Waals surface area contributed by atoms with E-state index in [0.717, 1.165) is 17.7 Å². The zero-order chi connectivity index (χ0) is 14.4. The normalized spacial score (nSPS) is 11.9. The van der Waals surface area contributed by atoms with Gasteiger partial charge in [-0.25, -0.2) is 0 Å². The highest BCUT2D eigenvalue weighted by molar-refractivity contribution is 5.94. The molecule has 0 unspecified atom stereocenters. The number of hydrogen-bond acceptors (Lipinski definition) is 3. The second-order valence-corrected chi connectivity index (χ2v) is 4.69. The largest absolute Gasteiger partial charge is 0.344 e. The van der Waals surface area contributed by atoms with Crippen LogP contribution in [0.5, 0.6) is 0 Å². The number of benzene rings is 1. The second kappa shape index (κ2) is 6.82. The van der Waals surface area contributed by atoms with Gasteiger partial charge in [0, 0.05) is 11.8 Å². The highest BCUT2D eigenvalue weighted by atomic mass is 16.1. The minimum absolute atomic E-state index is 0.0950. The summed E-state index contributed by atoms with van der Waals surface area (Å²) in [5, 5.41) is 2.94. The lowest BCUT2D eigenvalue weighted by Gasteiger charge is -2.13. The van der Waals surface area contributed by atoms with E-state index in [-0.39, 0.29) is 11.9 Å². The molecule has 20 heavy (non-hydrogen) atoms. The fourth-order valence-electron chi connectivity index (χ4n) is 1.98. The highest BCUT2D eigenvalue weighted by Gasteiger charge is 2.11. The molecule has 0 aliphatic carbocycles. The molecule has 0 aliphatic heterocycles. The minimum Gasteiger partial charge on any atom is -0.344 e. The fourth-order valence-corrected chi connectivity index (χ4v) is 1.98. The SMILES string of the molecule is C[C@@H](NC(=O)c1ccc(CCN)cc1)c1ccccn1. The molecule has 4 nitrogen and oxygen atoms in total. The maximum Gasteiger partial charge on any atom is 0.251 e. The Kier molecular flexibility index (Phi) is 4.85. The van der Waals surface area contributed by atoms with Crippen LogP contribution in [-0.2, 0) is 6.42 Å². The first kappa shape index (κ1) is 14.2. The molecular weight excluding hydrogens is 250 g/mol. The van der Waals surface area contributed by atoms with Crippen LogP contribution < -0.4 is 11.1 Å². The van der Waals surface area contributed by atoms with Crippen molar-refractivity contribution in [3.8, 4) is 0 Å². The Balaban J connectivity index is 2.01. The average Bonchev–Trinajstić information content (AvgIpc) is 2.49. The highest BCUT2D eigenvalue weighted by Crippen LogP contribution is 2.10. The number of rotatable bonds is 5. The third-order valence-corrected chi connectivity index (χ3v) is 3.13. The van der Waals surface area contributed by atoms with Gasteiger partial charge in [0.05, 0.1) is 11.7 Å². The Bertz CT molecular complexity index is 552. The van der Waals surface area contributed by atoms with Crippen molar-refractivity contribution in [2.45, 2.75) is 19.4 Å². The van der Waals surface area contributed by atoms with E-state index < -0.39 is 0 Å². The van der Waals surface area contributed by atoms with Crippen LogP contribution >= 0.6 is 0 Å². The molecule has 1 heterocycles. The molecule has 1 atom stereocenters. The van der Waals surface area contributed by atoms with Crippen molar-refractivity contribution in [3.63, 3.8) is 0 Å². The lowest BCUT2D eigenvalue weighted by Crippen LogP contribution is -2.27. The summed E-state index contributed by atoms with van der Waals surface area (Å²) in [5.74, 6) is -0.0950. The lowest BCUT2D eigenvalue weighted by molar-refractivity contribution is 0.0939. The standard InChI is InChI=1S/C16H19N3O/c1-12(15-4-2-3-11-18-15)19-16(20)14-7-5-13(6-8-14)9-10-17/h2-8,11-12H,9-10,17H2,1H3,(H,19,20)/t12-/m1/s1. The molecule has 1 aromatic carbocycles. The number of aromatic nitrogens is 1. The van der Waals surface area contributed by atoms with Crippen molar-refractivity contribution in [3.05, 3.63) is 65.5 Å². The summed E-state index contributed by atoms with van der Waals surface area (Å²) in [6, 6.07) is 13.1. The number of nitrogens with zero attached hydrogens (tertiary/aromatic N) is 1. The molecule has 1 amide bonds. The molecule has 1 aromatic heterocycles. The van der Waals surface area contributed by atoms with Gasteiger partial charge in [-0.05, 0) is 49.7 Å². The molecule has 0 saturated carbocycles. The Hall–Kier alpha value is -2.20. The quantitative estimate of drug-likeness (QED) is 0.873. The molecule has 2 rings (SSSR count). The van der Waals surface area contributed by atoms with Crippen LogP contribution in [0.1, 0.15) is 34.6 Å². The predicted molar refractivity (Wildman–Crippen MR) is 79.3 cm³/mol. The van der Waals surface area contributed by atoms with Gasteiger partial charge in [-0.3, -0.25) is 9.78 Å². The van der Waals surface area contributed by atoms with Gasteiger partial charge in [-0.2, -0.15) is 0 Å². The zero-order valence-electron chi connectivity index (χ0n) is 11.5. The number of carbonyl (C=O) groups excluding carboxylic acids is 1. The van der Waals surface area contributed by atoms with Gasteiger partial charge in [-0.1, -0.05) is 18.2 Å². The van der Waals surface area contributed by atoms with Crippen LogP contribution in [0.15, 0.2) is 48.7 Å². The first-order chi connectivity index (χ1) is 9.70. The molecule has 0 radical (unpaired) electrons. The van der Waals surface area contributed by atoms with Crippen LogP contribution in [0.4, 0.5) is 0 Å². The van der Waals surface area contributed by atoms with E-state index in [2.05, 4.69) is 10.3 Å². The second-order valence-electron chi connectivity index (χ2n) is 4.69. The number of pyridine rings is 1. The Morgan fingerprint density at radius 2 is 2.00 bits per heavy atom. The molecule has 0 aliphatic rings. The van der Waals surface area contributed by atoms with E-state index in [1.807, 2.05) is 49.4 Å². The third kappa shape index (κ3) is 3.65. The van der Waals surface area contributed by atoms with Crippen LogP contribution in [0.25, 0.3) is 0 Å². The number of nitrogens with two attached hydrogens (primary N) is 1. The van der Waals surface area contributed by atoms with Gasteiger partial charge in [-0.15, -0.1) is 0 Å². The molecule has 104 valence electrons. The number of nitrogens with one attached hydrogen (secondary N) is 1. The predicted octanol–water partition coefficient (Wildman–Crippen LogP) is 2.07. The summed E-state index contributed by atoms with van der Waals surface area (Å²) in [5.41, 5.74) is 8.14. The minimum atomic E-state index is -0.118. The van der Waals surface area contributed by atoms with Crippen molar-refractivity contribution in [2.75, 3.05) is 6.54 Å². The molecule has 0 saturated heterocycles. The maximum absolute atomic E-state index is 12.1. The number of hydrogen-bond donors (Lipinski definition) is 2. The average molecular weight is 269 g/mol. The van der Waals surface area contributed by atoms with Crippen molar-refractivity contribution < 1.29 is 4.79 Å². The number of carbonyl (C=O) groups is 1. The van der Waals surface area contributed by atoms with Gasteiger partial charge >= 0.3 is 0 Å². The maximum atomic E-state index is 12.1. The van der Waals surface area contributed by atoms with Gasteiger partial charge in [0.1, 0.15) is 0 Å². The summed E-state index contributed by atoms with van der Waals surface area (Å²) in [7, 11) is 0. The molecule has 0 spiro atoms. The van der Waals surface area contributed by atoms with Crippen molar-refractivity contribution >= 4 is 5.91 Å². The summed E-state index contributed by atoms with van der Waals surface area (Å²) >= 11 is 0. The summed E-state index contributed by atoms with van der Waals surface area (Å²) in [6.07, 6.45) is 2.55. The van der Waals surface area contributed by atoms with E-state index >= 15 is 0 Å². The first-order valence-electron chi connectivity index (χ1n) is 6.71. The van der Waals surface area contributed by atoms with Gasteiger partial charge < -0.3 is 11.1 Å². The topological polar surface area (TPSA) is 68.0 Å². The molecule has 3 N–H and O–H groups in total. The van der Waals surface area contributed by atoms with Gasteiger partial charge in [0.2, 0.25) is 0 Å². The van der Waals surface area contributed by atoms with E-state index in [1.54, 1.807) is 6.20 Å². The molecular formula is C16H19N3O. The van der Waals surface area contributed by atoms with E-state index in [0.29, 0.717) is 12.1 Å².